The predicted octanol–water partition coefficient (Wildman–Crippen LogP) is 3.14. The van der Waals surface area contributed by atoms with Crippen LogP contribution in [0.25, 0.3) is 0 Å². The molecule has 2 aliphatic rings. The standard InChI is InChI=1S/C26H35N5O/c1-27-26(29-24-13-16-30(17-14-24)18-21-8-3-2-4-9-21)28-15-7-12-25(32)31-19-22-10-5-6-11-23(22)20-31/h2-6,8-11,24H,7,12-20H2,1H3,(H2,27,28,29). The van der Waals surface area contributed by atoms with Crippen LogP contribution in [0.15, 0.2) is 59.6 Å². The summed E-state index contributed by atoms with van der Waals surface area (Å²) in [5, 5.41) is 6.95. The third-order valence-corrected chi connectivity index (χ3v) is 6.45. The molecular weight excluding hydrogens is 398 g/mol. The molecule has 1 fully saturated rings. The SMILES string of the molecule is CN=C(NCCCC(=O)N1Cc2ccccc2C1)NC1CCN(Cc2ccccc2)CC1. The Kier molecular flexibility index (Phi) is 7.77. The molecule has 0 radical (unpaired) electrons. The molecule has 2 aromatic carbocycles. The Morgan fingerprint density at radius 1 is 1.00 bits per heavy atom. The van der Waals surface area contributed by atoms with Crippen molar-refractivity contribution in [3.63, 3.8) is 0 Å². The van der Waals surface area contributed by atoms with Crippen LogP contribution in [0, 0.1) is 0 Å². The minimum atomic E-state index is 0.233. The summed E-state index contributed by atoms with van der Waals surface area (Å²) in [6.45, 7) is 5.45. The van der Waals surface area contributed by atoms with Crippen molar-refractivity contribution in [2.45, 2.75) is 51.4 Å². The smallest absolute Gasteiger partial charge is 0.223 e. The molecule has 0 atom stereocenters. The molecule has 0 bridgehead atoms. The van der Waals surface area contributed by atoms with Crippen molar-refractivity contribution in [2.75, 3.05) is 26.7 Å². The largest absolute Gasteiger partial charge is 0.356 e. The van der Waals surface area contributed by atoms with Crippen LogP contribution in [0.5, 0.6) is 0 Å². The maximum Gasteiger partial charge on any atom is 0.223 e. The van der Waals surface area contributed by atoms with E-state index >= 15 is 0 Å². The van der Waals surface area contributed by atoms with Gasteiger partial charge >= 0.3 is 0 Å². The first-order valence-corrected chi connectivity index (χ1v) is 11.8. The number of nitrogens with one attached hydrogen (secondary N) is 2. The third kappa shape index (κ3) is 6.10. The van der Waals surface area contributed by atoms with E-state index in [0.29, 0.717) is 12.5 Å². The summed E-state index contributed by atoms with van der Waals surface area (Å²) in [6.07, 6.45) is 3.60. The molecule has 6 heteroatoms. The molecule has 2 aliphatic heterocycles. The zero-order valence-electron chi connectivity index (χ0n) is 19.1. The number of fused-ring (bicyclic) bond motifs is 1. The Hall–Kier alpha value is -2.86. The van der Waals surface area contributed by atoms with E-state index in [4.69, 9.17) is 0 Å². The van der Waals surface area contributed by atoms with Crippen LogP contribution in [0.2, 0.25) is 0 Å². The number of carbonyl (C=O) groups excluding carboxylic acids is 1. The van der Waals surface area contributed by atoms with Gasteiger partial charge in [-0.15, -0.1) is 0 Å². The number of guanidine groups is 1. The number of aliphatic imine (C=N–C) groups is 1. The van der Waals surface area contributed by atoms with E-state index in [0.717, 1.165) is 64.5 Å². The van der Waals surface area contributed by atoms with Crippen molar-refractivity contribution >= 4 is 11.9 Å². The molecular formula is C26H35N5O. The average Bonchev–Trinajstić information content (AvgIpc) is 3.27. The summed E-state index contributed by atoms with van der Waals surface area (Å²) < 4.78 is 0. The van der Waals surface area contributed by atoms with Crippen LogP contribution >= 0.6 is 0 Å². The van der Waals surface area contributed by atoms with Crippen molar-refractivity contribution in [1.82, 2.24) is 20.4 Å². The highest BCUT2D eigenvalue weighted by Crippen LogP contribution is 2.22. The van der Waals surface area contributed by atoms with E-state index in [9.17, 15) is 4.79 Å². The molecule has 2 aromatic rings. The predicted molar refractivity (Wildman–Crippen MR) is 129 cm³/mol. The van der Waals surface area contributed by atoms with Gasteiger partial charge in [0.15, 0.2) is 5.96 Å². The van der Waals surface area contributed by atoms with Gasteiger partial charge in [-0.25, -0.2) is 0 Å². The minimum absolute atomic E-state index is 0.233. The fourth-order valence-electron chi connectivity index (χ4n) is 4.58. The van der Waals surface area contributed by atoms with Gasteiger partial charge in [-0.3, -0.25) is 14.7 Å². The van der Waals surface area contributed by atoms with Gasteiger partial charge in [-0.05, 0) is 36.0 Å². The highest BCUT2D eigenvalue weighted by atomic mass is 16.2. The monoisotopic (exact) mass is 433 g/mol. The highest BCUT2D eigenvalue weighted by molar-refractivity contribution is 5.80. The summed E-state index contributed by atoms with van der Waals surface area (Å²) in [5.74, 6) is 1.07. The molecule has 1 amide bonds. The van der Waals surface area contributed by atoms with Crippen molar-refractivity contribution in [1.29, 1.82) is 0 Å². The molecule has 4 rings (SSSR count). The summed E-state index contributed by atoms with van der Waals surface area (Å²) in [5.41, 5.74) is 3.93. The number of amides is 1. The summed E-state index contributed by atoms with van der Waals surface area (Å²) in [7, 11) is 1.81. The molecule has 1 saturated heterocycles. The van der Waals surface area contributed by atoms with E-state index in [-0.39, 0.29) is 5.91 Å². The lowest BCUT2D eigenvalue weighted by Gasteiger charge is -2.33. The summed E-state index contributed by atoms with van der Waals surface area (Å²) >= 11 is 0. The minimum Gasteiger partial charge on any atom is -0.356 e. The van der Waals surface area contributed by atoms with Crippen LogP contribution in [-0.4, -0.2) is 54.4 Å². The number of hydrogen-bond acceptors (Lipinski definition) is 3. The van der Waals surface area contributed by atoms with Crippen LogP contribution in [-0.2, 0) is 24.4 Å². The van der Waals surface area contributed by atoms with Gasteiger partial charge in [0.2, 0.25) is 5.91 Å². The number of nitrogens with zero attached hydrogens (tertiary/aromatic N) is 3. The van der Waals surface area contributed by atoms with Crippen molar-refractivity contribution < 1.29 is 4.79 Å². The second-order valence-corrected chi connectivity index (χ2v) is 8.80. The Bertz CT molecular complexity index is 880. The Morgan fingerprint density at radius 2 is 1.66 bits per heavy atom. The molecule has 0 spiro atoms. The normalized spacial score (nSPS) is 17.3. The Balaban J connectivity index is 1.11. The first-order valence-electron chi connectivity index (χ1n) is 11.8. The van der Waals surface area contributed by atoms with Crippen LogP contribution < -0.4 is 10.6 Å². The van der Waals surface area contributed by atoms with E-state index in [2.05, 4.69) is 63.0 Å². The Morgan fingerprint density at radius 3 is 2.31 bits per heavy atom. The molecule has 32 heavy (non-hydrogen) atoms. The highest BCUT2D eigenvalue weighted by Gasteiger charge is 2.22. The topological polar surface area (TPSA) is 60.0 Å². The number of hydrogen-bond donors (Lipinski definition) is 2. The molecule has 0 aromatic heterocycles. The third-order valence-electron chi connectivity index (χ3n) is 6.45. The lowest BCUT2D eigenvalue weighted by molar-refractivity contribution is -0.131. The number of benzene rings is 2. The number of carbonyl (C=O) groups is 1. The molecule has 2 N–H and O–H groups in total. The van der Waals surface area contributed by atoms with Gasteiger partial charge in [0.25, 0.3) is 0 Å². The van der Waals surface area contributed by atoms with Crippen LogP contribution in [0.3, 0.4) is 0 Å². The van der Waals surface area contributed by atoms with Gasteiger partial charge in [-0.2, -0.15) is 0 Å². The lowest BCUT2D eigenvalue weighted by atomic mass is 10.0. The number of piperidine rings is 1. The Labute approximate surface area is 191 Å². The fraction of sp³-hybridized carbons (Fsp3) is 0.462. The molecule has 0 unspecified atom stereocenters. The second-order valence-electron chi connectivity index (χ2n) is 8.80. The molecule has 0 saturated carbocycles. The second kappa shape index (κ2) is 11.1. The molecule has 6 nitrogen and oxygen atoms in total. The van der Waals surface area contributed by atoms with Gasteiger partial charge in [0.05, 0.1) is 0 Å². The van der Waals surface area contributed by atoms with Crippen molar-refractivity contribution in [3.8, 4) is 0 Å². The maximum atomic E-state index is 12.6. The van der Waals surface area contributed by atoms with E-state index < -0.39 is 0 Å². The maximum absolute atomic E-state index is 12.6. The van der Waals surface area contributed by atoms with Crippen molar-refractivity contribution in [3.05, 3.63) is 71.3 Å². The average molecular weight is 434 g/mol. The van der Waals surface area contributed by atoms with Crippen LogP contribution in [0.4, 0.5) is 0 Å². The van der Waals surface area contributed by atoms with Crippen molar-refractivity contribution in [2.24, 2.45) is 4.99 Å². The summed E-state index contributed by atoms with van der Waals surface area (Å²) in [4.78, 5) is 21.4. The molecule has 170 valence electrons. The zero-order chi connectivity index (χ0) is 22.2. The molecule has 0 aliphatic carbocycles. The van der Waals surface area contributed by atoms with Gasteiger partial charge in [0, 0.05) is 58.8 Å². The number of likely N-dealkylation sites (tertiary alicyclic amines) is 1. The van der Waals surface area contributed by atoms with Gasteiger partial charge in [-0.1, -0.05) is 54.6 Å². The van der Waals surface area contributed by atoms with Gasteiger partial charge in [0.1, 0.15) is 0 Å². The zero-order valence-corrected chi connectivity index (χ0v) is 19.1. The lowest BCUT2D eigenvalue weighted by Crippen LogP contribution is -2.48. The number of rotatable bonds is 7. The van der Waals surface area contributed by atoms with E-state index in [1.807, 2.05) is 24.1 Å². The quantitative estimate of drug-likeness (QED) is 0.400. The van der Waals surface area contributed by atoms with E-state index in [1.54, 1.807) is 0 Å². The first-order chi connectivity index (χ1) is 15.7. The fourth-order valence-corrected chi connectivity index (χ4v) is 4.58. The van der Waals surface area contributed by atoms with Gasteiger partial charge < -0.3 is 15.5 Å². The van der Waals surface area contributed by atoms with E-state index in [1.165, 1.54) is 16.7 Å². The first kappa shape index (κ1) is 22.3. The summed E-state index contributed by atoms with van der Waals surface area (Å²) in [6, 6.07) is 19.4. The van der Waals surface area contributed by atoms with Crippen LogP contribution in [0.1, 0.15) is 42.4 Å². The molecule has 2 heterocycles.